The molecule has 8 nitrogen and oxygen atoms in total. The van der Waals surface area contributed by atoms with Gasteiger partial charge in [-0.25, -0.2) is 0 Å². The molecular formula is C47H41F3N2O6S. The molecule has 0 amide bonds. The minimum Gasteiger partial charge on any atom is -0.497 e. The van der Waals surface area contributed by atoms with E-state index in [-0.39, 0.29) is 11.8 Å². The van der Waals surface area contributed by atoms with Gasteiger partial charge in [-0.05, 0) is 75.7 Å². The molecule has 9 rings (SSSR count). The van der Waals surface area contributed by atoms with Crippen LogP contribution in [0.15, 0.2) is 121 Å². The van der Waals surface area contributed by atoms with Crippen molar-refractivity contribution in [2.45, 2.75) is 36.4 Å². The highest BCUT2D eigenvalue weighted by Gasteiger charge is 2.49. The van der Waals surface area contributed by atoms with Gasteiger partial charge in [-0.1, -0.05) is 98.8 Å². The summed E-state index contributed by atoms with van der Waals surface area (Å²) in [6.07, 6.45) is 4.15. The van der Waals surface area contributed by atoms with Crippen molar-refractivity contribution in [3.8, 4) is 34.1 Å². The normalized spacial score (nSPS) is 19.4. The molecule has 1 fully saturated rings. The quantitative estimate of drug-likeness (QED) is 0.120. The molecule has 59 heavy (non-hydrogen) atoms. The summed E-state index contributed by atoms with van der Waals surface area (Å²) in [5.41, 5.74) is 0.886. The number of benzene rings is 6. The van der Waals surface area contributed by atoms with Gasteiger partial charge in [0, 0.05) is 52.8 Å². The molecule has 0 saturated carbocycles. The summed E-state index contributed by atoms with van der Waals surface area (Å²) in [7, 11) is -3.12. The van der Waals surface area contributed by atoms with E-state index in [9.17, 15) is 21.6 Å². The molecule has 1 saturated heterocycles. The van der Waals surface area contributed by atoms with Crippen molar-refractivity contribution in [2.24, 2.45) is 0 Å². The van der Waals surface area contributed by atoms with E-state index in [2.05, 4.69) is 72.6 Å². The molecule has 0 radical (unpaired) electrons. The third kappa shape index (κ3) is 6.19. The van der Waals surface area contributed by atoms with Crippen LogP contribution in [-0.4, -0.2) is 47.8 Å². The lowest BCUT2D eigenvalue weighted by Gasteiger charge is -2.40. The Labute approximate surface area is 340 Å². The Kier molecular flexibility index (Phi) is 9.20. The zero-order chi connectivity index (χ0) is 41.3. The van der Waals surface area contributed by atoms with Crippen molar-refractivity contribution in [1.29, 1.82) is 0 Å². The first-order chi connectivity index (χ1) is 28.3. The summed E-state index contributed by atoms with van der Waals surface area (Å²) in [4.78, 5) is 2.39. The molecule has 2 unspecified atom stereocenters. The smallest absolute Gasteiger partial charge is 0.497 e. The zero-order valence-electron chi connectivity index (χ0n) is 32.8. The number of hydrogen-bond donors (Lipinski definition) is 1. The Morgan fingerprint density at radius 1 is 0.814 bits per heavy atom. The second-order valence-electron chi connectivity index (χ2n) is 15.5. The number of fused-ring (bicyclic) bond motifs is 8. The number of halogens is 3. The van der Waals surface area contributed by atoms with Crippen LogP contribution in [0.4, 0.5) is 18.9 Å². The Bertz CT molecular complexity index is 2740. The van der Waals surface area contributed by atoms with E-state index < -0.39 is 32.4 Å². The van der Waals surface area contributed by atoms with E-state index in [1.165, 1.54) is 24.8 Å². The summed E-state index contributed by atoms with van der Waals surface area (Å²) in [6, 6.07) is 37.2. The fourth-order valence-electron chi connectivity index (χ4n) is 9.05. The molecule has 2 aliphatic heterocycles. The van der Waals surface area contributed by atoms with Gasteiger partial charge in [0.2, 0.25) is 0 Å². The molecule has 6 aromatic rings. The number of alkyl halides is 3. The van der Waals surface area contributed by atoms with Gasteiger partial charge >= 0.3 is 15.6 Å². The first-order valence-corrected chi connectivity index (χ1v) is 20.7. The van der Waals surface area contributed by atoms with Crippen LogP contribution in [0.2, 0.25) is 0 Å². The molecule has 1 aliphatic carbocycles. The molecule has 1 N–H and O–H groups in total. The van der Waals surface area contributed by atoms with Gasteiger partial charge in [0.05, 0.1) is 20.3 Å². The third-order valence-electron chi connectivity index (χ3n) is 11.9. The maximum atomic E-state index is 13.7. The number of hydrogen-bond acceptors (Lipinski definition) is 8. The van der Waals surface area contributed by atoms with Crippen molar-refractivity contribution < 1.29 is 40.0 Å². The SMILES string of the molecule is COc1ccc(C2CNCCN2c2ccc(C3(c4ccccc4)C=Cc4c5c(c6cc(OS(=O)(=O)C(F)(F)F)c(OC)cc6c4O3)-c3ccccc3C5(C)C)cc2)cc1. The van der Waals surface area contributed by atoms with Gasteiger partial charge in [0.15, 0.2) is 17.1 Å². The molecule has 302 valence electrons. The van der Waals surface area contributed by atoms with Gasteiger partial charge in [0.1, 0.15) is 11.5 Å². The average Bonchev–Trinajstić information content (AvgIpc) is 3.49. The summed E-state index contributed by atoms with van der Waals surface area (Å²) >= 11 is 0. The van der Waals surface area contributed by atoms with E-state index in [0.29, 0.717) is 16.5 Å². The van der Waals surface area contributed by atoms with E-state index in [1.54, 1.807) is 7.11 Å². The standard InChI is InChI=1S/C47H41F3N2O6S/c1-45(2)38-13-9-8-12-34(38)42-36-26-41(58-59(53,54)47(48,49)50)40(56-4)27-37(36)44-35(43(42)45)22-23-46(57-44,30-10-6-5-7-11-30)31-16-18-32(19-17-31)52-25-24-51-28-39(52)29-14-20-33(55-3)21-15-29/h5-23,26-27,39,51H,24-25,28H2,1-4H3. The third-order valence-corrected chi connectivity index (χ3v) is 12.8. The fraction of sp³-hybridized carbons (Fsp3) is 0.234. The van der Waals surface area contributed by atoms with Crippen LogP contribution in [-0.2, 0) is 21.1 Å². The van der Waals surface area contributed by atoms with E-state index in [1.807, 2.05) is 66.7 Å². The summed E-state index contributed by atoms with van der Waals surface area (Å²) in [6.45, 7) is 6.61. The van der Waals surface area contributed by atoms with Gasteiger partial charge in [-0.15, -0.1) is 0 Å². The largest absolute Gasteiger partial charge is 0.534 e. The number of rotatable bonds is 8. The number of piperazine rings is 1. The van der Waals surface area contributed by atoms with Crippen molar-refractivity contribution in [2.75, 3.05) is 38.8 Å². The molecule has 12 heteroatoms. The van der Waals surface area contributed by atoms with Crippen LogP contribution in [0, 0.1) is 0 Å². The fourth-order valence-corrected chi connectivity index (χ4v) is 9.51. The van der Waals surface area contributed by atoms with Crippen LogP contribution >= 0.6 is 0 Å². The Morgan fingerprint density at radius 3 is 2.19 bits per heavy atom. The lowest BCUT2D eigenvalue weighted by atomic mass is 9.76. The number of nitrogens with zero attached hydrogens (tertiary/aromatic N) is 1. The molecule has 0 aromatic heterocycles. The molecular weight excluding hydrogens is 778 g/mol. The lowest BCUT2D eigenvalue weighted by molar-refractivity contribution is -0.0500. The minimum absolute atomic E-state index is 0.0946. The molecule has 0 spiro atoms. The predicted molar refractivity (Wildman–Crippen MR) is 223 cm³/mol. The molecule has 6 aromatic carbocycles. The number of ether oxygens (including phenoxy) is 3. The number of methoxy groups -OCH3 is 2. The second kappa shape index (κ2) is 14.1. The minimum atomic E-state index is -6.03. The van der Waals surface area contributed by atoms with E-state index in [4.69, 9.17) is 18.4 Å². The molecule has 3 aliphatic rings. The van der Waals surface area contributed by atoms with Crippen LogP contribution in [0.5, 0.6) is 23.0 Å². The van der Waals surface area contributed by atoms with Gasteiger partial charge in [-0.3, -0.25) is 0 Å². The second-order valence-corrected chi connectivity index (χ2v) is 17.0. The summed E-state index contributed by atoms with van der Waals surface area (Å²) in [5.74, 6) is 0.488. The summed E-state index contributed by atoms with van der Waals surface area (Å²) < 4.78 is 88.9. The lowest BCUT2D eigenvalue weighted by Crippen LogP contribution is -2.46. The topological polar surface area (TPSA) is 86.3 Å². The number of nitrogens with one attached hydrogen (secondary N) is 1. The van der Waals surface area contributed by atoms with Crippen LogP contribution < -0.4 is 28.6 Å². The maximum absolute atomic E-state index is 13.7. The highest BCUT2D eigenvalue weighted by atomic mass is 32.2. The molecule has 0 bridgehead atoms. The first-order valence-electron chi connectivity index (χ1n) is 19.3. The highest BCUT2D eigenvalue weighted by molar-refractivity contribution is 7.88. The monoisotopic (exact) mass is 818 g/mol. The van der Waals surface area contributed by atoms with Crippen LogP contribution in [0.3, 0.4) is 0 Å². The Hall–Kier alpha value is -5.98. The van der Waals surface area contributed by atoms with Gasteiger partial charge < -0.3 is 28.6 Å². The first kappa shape index (κ1) is 38.5. The molecule has 2 heterocycles. The van der Waals surface area contributed by atoms with Crippen LogP contribution in [0.25, 0.3) is 28.0 Å². The zero-order valence-corrected chi connectivity index (χ0v) is 33.6. The summed E-state index contributed by atoms with van der Waals surface area (Å²) in [5, 5.41) is 4.51. The van der Waals surface area contributed by atoms with Gasteiger partial charge in [-0.2, -0.15) is 21.6 Å². The average molecular weight is 819 g/mol. The predicted octanol–water partition coefficient (Wildman–Crippen LogP) is 9.89. The van der Waals surface area contributed by atoms with Crippen molar-refractivity contribution in [3.05, 3.63) is 155 Å². The van der Waals surface area contributed by atoms with Crippen molar-refractivity contribution in [3.63, 3.8) is 0 Å². The number of anilines is 1. The van der Waals surface area contributed by atoms with Crippen molar-refractivity contribution in [1.82, 2.24) is 5.32 Å². The van der Waals surface area contributed by atoms with E-state index >= 15 is 0 Å². The van der Waals surface area contributed by atoms with E-state index in [0.717, 1.165) is 70.0 Å². The molecule has 2 atom stereocenters. The van der Waals surface area contributed by atoms with Gasteiger partial charge in [0.25, 0.3) is 0 Å². The Morgan fingerprint density at radius 2 is 1.49 bits per heavy atom. The Balaban J connectivity index is 1.22. The highest BCUT2D eigenvalue weighted by Crippen LogP contribution is 2.59. The van der Waals surface area contributed by atoms with Crippen molar-refractivity contribution >= 4 is 32.7 Å². The van der Waals surface area contributed by atoms with Crippen LogP contribution in [0.1, 0.15) is 53.3 Å². The maximum Gasteiger partial charge on any atom is 0.534 e.